The number of hydrogen-bond donors (Lipinski definition) is 1. The summed E-state index contributed by atoms with van der Waals surface area (Å²) in [4.78, 5) is 0. The Kier molecular flexibility index (Phi) is 13.5. The molecule has 1 atom stereocenters. The smallest absolute Gasteiger partial charge is 0.0219 e. The molecule has 0 fully saturated rings. The first kappa shape index (κ1) is 16.7. The van der Waals surface area contributed by atoms with Gasteiger partial charge in [-0.15, -0.1) is 6.58 Å². The van der Waals surface area contributed by atoms with E-state index in [1.807, 2.05) is 6.08 Å². The Labute approximate surface area is 109 Å². The summed E-state index contributed by atoms with van der Waals surface area (Å²) in [7, 11) is 0. The van der Waals surface area contributed by atoms with Crippen LogP contribution in [0, 0.1) is 0 Å². The van der Waals surface area contributed by atoms with Crippen LogP contribution in [0.4, 0.5) is 0 Å². The Bertz CT molecular complexity index is 154. The van der Waals surface area contributed by atoms with Crippen LogP contribution in [-0.2, 0) is 0 Å². The highest BCUT2D eigenvalue weighted by molar-refractivity contribution is 4.80. The van der Waals surface area contributed by atoms with Crippen LogP contribution in [0.5, 0.6) is 0 Å². The summed E-state index contributed by atoms with van der Waals surface area (Å²) in [5.41, 5.74) is 0. The van der Waals surface area contributed by atoms with Gasteiger partial charge in [0.05, 0.1) is 0 Å². The highest BCUT2D eigenvalue weighted by atomic mass is 14.9. The molecule has 0 rings (SSSR count). The second-order valence-corrected chi connectivity index (χ2v) is 5.16. The predicted octanol–water partition coefficient (Wildman–Crippen LogP) is 5.07. The van der Waals surface area contributed by atoms with Crippen molar-refractivity contribution in [3.8, 4) is 0 Å². The molecular formula is C16H33N. The molecule has 0 heterocycles. The van der Waals surface area contributed by atoms with Crippen LogP contribution in [0.1, 0.15) is 78.1 Å². The van der Waals surface area contributed by atoms with E-state index < -0.39 is 0 Å². The van der Waals surface area contributed by atoms with Crippen LogP contribution in [0.2, 0.25) is 0 Å². The Balaban J connectivity index is 2.96. The molecule has 1 heteroatoms. The van der Waals surface area contributed by atoms with Crippen LogP contribution in [0.25, 0.3) is 0 Å². The molecule has 0 bridgehead atoms. The standard InChI is InChI=1S/C16H33N/c1-4-6-7-8-9-10-11-12-13-14-15-17-16(3)5-2/h5,16-17H,2,4,6-15H2,1,3H3. The zero-order chi connectivity index (χ0) is 12.8. The molecule has 0 aromatic rings. The molecule has 0 amide bonds. The predicted molar refractivity (Wildman–Crippen MR) is 79.5 cm³/mol. The summed E-state index contributed by atoms with van der Waals surface area (Å²) >= 11 is 0. The Morgan fingerprint density at radius 2 is 1.35 bits per heavy atom. The molecule has 1 unspecified atom stereocenters. The second kappa shape index (κ2) is 13.8. The topological polar surface area (TPSA) is 12.0 Å². The maximum Gasteiger partial charge on any atom is 0.0219 e. The molecule has 0 saturated heterocycles. The maximum absolute atomic E-state index is 3.77. The molecule has 0 aliphatic rings. The lowest BCUT2D eigenvalue weighted by Gasteiger charge is -2.08. The molecule has 1 nitrogen and oxygen atoms in total. The van der Waals surface area contributed by atoms with Crippen LogP contribution in [0.3, 0.4) is 0 Å². The van der Waals surface area contributed by atoms with Crippen molar-refractivity contribution in [2.45, 2.75) is 84.1 Å². The molecule has 17 heavy (non-hydrogen) atoms. The van der Waals surface area contributed by atoms with E-state index in [4.69, 9.17) is 0 Å². The molecule has 0 aromatic carbocycles. The van der Waals surface area contributed by atoms with Gasteiger partial charge in [0, 0.05) is 6.04 Å². The van der Waals surface area contributed by atoms with Crippen molar-refractivity contribution >= 4 is 0 Å². The van der Waals surface area contributed by atoms with Gasteiger partial charge < -0.3 is 5.32 Å². The highest BCUT2D eigenvalue weighted by Crippen LogP contribution is 2.10. The van der Waals surface area contributed by atoms with Gasteiger partial charge >= 0.3 is 0 Å². The minimum atomic E-state index is 0.466. The van der Waals surface area contributed by atoms with Gasteiger partial charge in [0.15, 0.2) is 0 Å². The quantitative estimate of drug-likeness (QED) is 0.349. The van der Waals surface area contributed by atoms with Gasteiger partial charge in [-0.1, -0.05) is 70.8 Å². The van der Waals surface area contributed by atoms with Gasteiger partial charge in [0.25, 0.3) is 0 Å². The average Bonchev–Trinajstić information content (AvgIpc) is 2.35. The number of hydrogen-bond acceptors (Lipinski definition) is 1. The Hall–Kier alpha value is -0.300. The fraction of sp³-hybridized carbons (Fsp3) is 0.875. The van der Waals surface area contributed by atoms with Crippen molar-refractivity contribution in [2.75, 3.05) is 6.54 Å². The summed E-state index contributed by atoms with van der Waals surface area (Å²) in [6, 6.07) is 0.466. The lowest BCUT2D eigenvalue weighted by molar-refractivity contribution is 0.535. The Morgan fingerprint density at radius 3 is 1.82 bits per heavy atom. The molecule has 0 aliphatic heterocycles. The third-order valence-electron chi connectivity index (χ3n) is 3.35. The maximum atomic E-state index is 3.77. The monoisotopic (exact) mass is 239 g/mol. The largest absolute Gasteiger partial charge is 0.311 e. The fourth-order valence-corrected chi connectivity index (χ4v) is 2.03. The first-order valence-electron chi connectivity index (χ1n) is 7.67. The third kappa shape index (κ3) is 13.6. The minimum absolute atomic E-state index is 0.466. The van der Waals surface area contributed by atoms with Crippen molar-refractivity contribution in [1.29, 1.82) is 0 Å². The molecule has 0 radical (unpaired) electrons. The van der Waals surface area contributed by atoms with E-state index >= 15 is 0 Å². The molecule has 1 N–H and O–H groups in total. The number of rotatable bonds is 13. The molecular weight excluding hydrogens is 206 g/mol. The summed E-state index contributed by atoms with van der Waals surface area (Å²) in [5, 5.41) is 3.44. The zero-order valence-corrected chi connectivity index (χ0v) is 12.1. The highest BCUT2D eigenvalue weighted by Gasteiger charge is 1.94. The van der Waals surface area contributed by atoms with E-state index in [-0.39, 0.29) is 0 Å². The van der Waals surface area contributed by atoms with Crippen LogP contribution < -0.4 is 5.32 Å². The lowest BCUT2D eigenvalue weighted by Crippen LogP contribution is -2.24. The van der Waals surface area contributed by atoms with E-state index in [0.29, 0.717) is 6.04 Å². The van der Waals surface area contributed by atoms with Gasteiger partial charge in [0.2, 0.25) is 0 Å². The van der Waals surface area contributed by atoms with Crippen molar-refractivity contribution in [3.63, 3.8) is 0 Å². The number of nitrogens with one attached hydrogen (secondary N) is 1. The molecule has 102 valence electrons. The van der Waals surface area contributed by atoms with Gasteiger partial charge in [-0.25, -0.2) is 0 Å². The number of unbranched alkanes of at least 4 members (excludes halogenated alkanes) is 9. The zero-order valence-electron chi connectivity index (χ0n) is 12.1. The molecule has 0 saturated carbocycles. The Morgan fingerprint density at radius 1 is 0.882 bits per heavy atom. The third-order valence-corrected chi connectivity index (χ3v) is 3.35. The van der Waals surface area contributed by atoms with E-state index in [0.717, 1.165) is 6.54 Å². The summed E-state index contributed by atoms with van der Waals surface area (Å²) in [5.74, 6) is 0. The average molecular weight is 239 g/mol. The van der Waals surface area contributed by atoms with Crippen molar-refractivity contribution in [3.05, 3.63) is 12.7 Å². The fourth-order valence-electron chi connectivity index (χ4n) is 2.03. The van der Waals surface area contributed by atoms with Crippen molar-refractivity contribution < 1.29 is 0 Å². The second-order valence-electron chi connectivity index (χ2n) is 5.16. The SMILES string of the molecule is C=CC(C)NCCCCCCCCCCCC. The van der Waals surface area contributed by atoms with Crippen molar-refractivity contribution in [2.24, 2.45) is 0 Å². The van der Waals surface area contributed by atoms with E-state index in [2.05, 4.69) is 25.7 Å². The molecule has 0 aromatic heterocycles. The van der Waals surface area contributed by atoms with E-state index in [1.54, 1.807) is 0 Å². The first-order valence-corrected chi connectivity index (χ1v) is 7.67. The van der Waals surface area contributed by atoms with E-state index in [1.165, 1.54) is 64.2 Å². The van der Waals surface area contributed by atoms with Crippen LogP contribution >= 0.6 is 0 Å². The summed E-state index contributed by atoms with van der Waals surface area (Å²) in [6.07, 6.45) is 16.1. The van der Waals surface area contributed by atoms with Gasteiger partial charge in [-0.2, -0.15) is 0 Å². The minimum Gasteiger partial charge on any atom is -0.311 e. The van der Waals surface area contributed by atoms with E-state index in [9.17, 15) is 0 Å². The summed E-state index contributed by atoms with van der Waals surface area (Å²) in [6.45, 7) is 9.35. The lowest BCUT2D eigenvalue weighted by atomic mass is 10.1. The van der Waals surface area contributed by atoms with Gasteiger partial charge in [-0.3, -0.25) is 0 Å². The normalized spacial score (nSPS) is 12.6. The van der Waals surface area contributed by atoms with Gasteiger partial charge in [0.1, 0.15) is 0 Å². The summed E-state index contributed by atoms with van der Waals surface area (Å²) < 4.78 is 0. The van der Waals surface area contributed by atoms with Gasteiger partial charge in [-0.05, 0) is 19.9 Å². The van der Waals surface area contributed by atoms with Crippen LogP contribution in [0.15, 0.2) is 12.7 Å². The molecule has 0 aliphatic carbocycles. The van der Waals surface area contributed by atoms with Crippen molar-refractivity contribution in [1.82, 2.24) is 5.32 Å². The van der Waals surface area contributed by atoms with Crippen LogP contribution in [-0.4, -0.2) is 12.6 Å². The first-order chi connectivity index (χ1) is 8.31. The molecule has 0 spiro atoms.